The number of halogens is 3. The average Bonchev–Trinajstić information content (AvgIpc) is 2.72. The van der Waals surface area contributed by atoms with Gasteiger partial charge in [-0.1, -0.05) is 29.6 Å². The van der Waals surface area contributed by atoms with Crippen molar-refractivity contribution in [3.05, 3.63) is 28.0 Å². The van der Waals surface area contributed by atoms with Gasteiger partial charge in [0.05, 0.1) is 21.1 Å². The Morgan fingerprint density at radius 2 is 2.00 bits per heavy atom. The van der Waals surface area contributed by atoms with E-state index in [0.717, 1.165) is 29.8 Å². The predicted molar refractivity (Wildman–Crippen MR) is 94.3 cm³/mol. The summed E-state index contributed by atoms with van der Waals surface area (Å²) in [6, 6.07) is 3.77. The van der Waals surface area contributed by atoms with E-state index in [4.69, 9.17) is 39.8 Å². The van der Waals surface area contributed by atoms with Gasteiger partial charge in [-0.3, -0.25) is 0 Å². The van der Waals surface area contributed by atoms with Crippen LogP contribution in [0.1, 0.15) is 25.1 Å². The van der Waals surface area contributed by atoms with Gasteiger partial charge in [0.25, 0.3) is 0 Å². The molecule has 3 rings (SSSR count). The molecular weight excluding hydrogens is 347 g/mol. The Bertz CT molecular complexity index is 659. The number of imidazole rings is 1. The highest BCUT2D eigenvalue weighted by molar-refractivity contribution is 8.00. The van der Waals surface area contributed by atoms with Crippen LogP contribution in [0.25, 0.3) is 11.0 Å². The summed E-state index contributed by atoms with van der Waals surface area (Å²) in [7, 11) is 0. The van der Waals surface area contributed by atoms with Crippen molar-refractivity contribution in [2.24, 2.45) is 0 Å². The molecule has 0 radical (unpaired) electrons. The first-order valence-corrected chi connectivity index (χ1v) is 9.55. The Hall–Kier alpha value is -0.0900. The second-order valence-corrected chi connectivity index (χ2v) is 8.02. The van der Waals surface area contributed by atoms with Crippen molar-refractivity contribution in [3.63, 3.8) is 0 Å². The van der Waals surface area contributed by atoms with E-state index in [2.05, 4.69) is 10.8 Å². The Morgan fingerprint density at radius 1 is 1.29 bits per heavy atom. The van der Waals surface area contributed by atoms with Crippen LogP contribution in [-0.4, -0.2) is 26.4 Å². The van der Waals surface area contributed by atoms with Gasteiger partial charge in [0.1, 0.15) is 5.82 Å². The van der Waals surface area contributed by atoms with Crippen LogP contribution in [0.15, 0.2) is 12.1 Å². The van der Waals surface area contributed by atoms with Crippen molar-refractivity contribution < 1.29 is 0 Å². The zero-order valence-electron chi connectivity index (χ0n) is 11.8. The third-order valence-electron chi connectivity index (χ3n) is 4.33. The third-order valence-corrected chi connectivity index (χ3v) is 6.65. The second-order valence-electron chi connectivity index (χ2n) is 5.55. The van der Waals surface area contributed by atoms with E-state index in [9.17, 15) is 0 Å². The monoisotopic (exact) mass is 362 g/mol. The topological polar surface area (TPSA) is 17.8 Å². The lowest BCUT2D eigenvalue weighted by Crippen LogP contribution is -2.38. The average molecular weight is 364 g/mol. The van der Waals surface area contributed by atoms with Crippen LogP contribution in [0.5, 0.6) is 0 Å². The first-order chi connectivity index (χ1) is 10.1. The lowest BCUT2D eigenvalue weighted by molar-refractivity contribution is 0.322. The molecule has 1 saturated carbocycles. The molecule has 1 aliphatic rings. The van der Waals surface area contributed by atoms with Gasteiger partial charge in [-0.25, -0.2) is 4.98 Å². The molecule has 114 valence electrons. The quantitative estimate of drug-likeness (QED) is 0.661. The van der Waals surface area contributed by atoms with Crippen molar-refractivity contribution in [1.29, 1.82) is 0 Å². The first-order valence-electron chi connectivity index (χ1n) is 7.04. The number of hydrogen-bond acceptors (Lipinski definition) is 2. The molecule has 1 heterocycles. The SMILES string of the molecule is CSC1(Cn2c(CCCl)nc3cc(Cl)c(Cl)cc32)CCC1. The Labute approximate surface area is 144 Å². The molecular formula is C15H17Cl3N2S. The van der Waals surface area contributed by atoms with Crippen LogP contribution in [0.4, 0.5) is 0 Å². The molecule has 1 aliphatic carbocycles. The standard InChI is InChI=1S/C15H17Cl3N2S/c1-21-15(4-2-5-15)9-20-13-8-11(18)10(17)7-12(13)19-14(20)3-6-16/h7-8H,2-6,9H2,1H3. The van der Waals surface area contributed by atoms with Crippen LogP contribution in [0.2, 0.25) is 10.0 Å². The lowest BCUT2D eigenvalue weighted by Gasteiger charge is -2.41. The zero-order chi connectivity index (χ0) is 15.0. The van der Waals surface area contributed by atoms with Gasteiger partial charge in [0.2, 0.25) is 0 Å². The predicted octanol–water partition coefficient (Wildman–Crippen LogP) is 5.41. The molecule has 6 heteroatoms. The van der Waals surface area contributed by atoms with E-state index in [1.807, 2.05) is 23.9 Å². The summed E-state index contributed by atoms with van der Waals surface area (Å²) in [5.41, 5.74) is 1.96. The van der Waals surface area contributed by atoms with Crippen LogP contribution in [0.3, 0.4) is 0 Å². The van der Waals surface area contributed by atoms with Crippen molar-refractivity contribution in [2.45, 2.75) is 37.0 Å². The molecule has 2 nitrogen and oxygen atoms in total. The molecule has 0 spiro atoms. The van der Waals surface area contributed by atoms with Crippen molar-refractivity contribution in [1.82, 2.24) is 9.55 Å². The highest BCUT2D eigenvalue weighted by atomic mass is 35.5. The fourth-order valence-electron chi connectivity index (χ4n) is 2.91. The summed E-state index contributed by atoms with van der Waals surface area (Å²) in [5, 5.41) is 1.13. The molecule has 0 bridgehead atoms. The van der Waals surface area contributed by atoms with Crippen molar-refractivity contribution >= 4 is 57.6 Å². The minimum absolute atomic E-state index is 0.334. The maximum absolute atomic E-state index is 6.19. The number of hydrogen-bond donors (Lipinski definition) is 0. The molecule has 0 aliphatic heterocycles. The molecule has 2 aromatic rings. The molecule has 0 atom stereocenters. The van der Waals surface area contributed by atoms with E-state index >= 15 is 0 Å². The number of rotatable bonds is 5. The highest BCUT2D eigenvalue weighted by Crippen LogP contribution is 2.45. The lowest BCUT2D eigenvalue weighted by atomic mass is 9.84. The maximum atomic E-state index is 6.19. The number of aromatic nitrogens is 2. The van der Waals surface area contributed by atoms with Crippen LogP contribution in [0, 0.1) is 0 Å². The molecule has 0 saturated heterocycles. The van der Waals surface area contributed by atoms with Crippen LogP contribution >= 0.6 is 46.6 Å². The molecule has 1 aromatic carbocycles. The van der Waals surface area contributed by atoms with Gasteiger partial charge in [-0.15, -0.1) is 11.6 Å². The molecule has 0 N–H and O–H groups in total. The molecule has 0 unspecified atom stereocenters. The molecule has 21 heavy (non-hydrogen) atoms. The van der Waals surface area contributed by atoms with Crippen molar-refractivity contribution in [3.8, 4) is 0 Å². The number of nitrogens with zero attached hydrogens (tertiary/aromatic N) is 2. The first kappa shape index (κ1) is 15.8. The van der Waals surface area contributed by atoms with E-state index in [-0.39, 0.29) is 0 Å². The summed E-state index contributed by atoms with van der Waals surface area (Å²) in [5.74, 6) is 1.59. The van der Waals surface area contributed by atoms with Crippen molar-refractivity contribution in [2.75, 3.05) is 12.1 Å². The number of thioether (sulfide) groups is 1. The molecule has 0 amide bonds. The van der Waals surface area contributed by atoms with Gasteiger partial charge in [-0.05, 0) is 31.2 Å². The normalized spacial score (nSPS) is 17.1. The highest BCUT2D eigenvalue weighted by Gasteiger charge is 2.37. The molecule has 1 aromatic heterocycles. The third kappa shape index (κ3) is 2.90. The largest absolute Gasteiger partial charge is 0.326 e. The summed E-state index contributed by atoms with van der Waals surface area (Å²) in [6.45, 7) is 0.967. The minimum atomic E-state index is 0.334. The van der Waals surface area contributed by atoms with Gasteiger partial charge in [0, 0.05) is 23.6 Å². The smallest absolute Gasteiger partial charge is 0.111 e. The summed E-state index contributed by atoms with van der Waals surface area (Å²) in [6.07, 6.45) is 6.79. The van der Waals surface area contributed by atoms with E-state index in [0.29, 0.717) is 20.7 Å². The van der Waals surface area contributed by atoms with Gasteiger partial charge in [-0.2, -0.15) is 11.8 Å². The Balaban J connectivity index is 2.09. The number of fused-ring (bicyclic) bond motifs is 1. The fourth-order valence-corrected chi connectivity index (χ4v) is 4.35. The van der Waals surface area contributed by atoms with E-state index in [1.165, 1.54) is 19.3 Å². The molecule has 1 fully saturated rings. The van der Waals surface area contributed by atoms with Gasteiger partial charge in [0.15, 0.2) is 0 Å². The van der Waals surface area contributed by atoms with Crippen LogP contribution in [-0.2, 0) is 13.0 Å². The Morgan fingerprint density at radius 3 is 2.57 bits per heavy atom. The number of benzene rings is 1. The summed E-state index contributed by atoms with van der Waals surface area (Å²) >= 11 is 20.2. The summed E-state index contributed by atoms with van der Waals surface area (Å²) < 4.78 is 2.62. The maximum Gasteiger partial charge on any atom is 0.111 e. The zero-order valence-corrected chi connectivity index (χ0v) is 14.9. The second kappa shape index (κ2) is 6.19. The summed E-state index contributed by atoms with van der Waals surface area (Å²) in [4.78, 5) is 4.71. The van der Waals surface area contributed by atoms with E-state index < -0.39 is 0 Å². The van der Waals surface area contributed by atoms with Gasteiger partial charge < -0.3 is 4.57 Å². The minimum Gasteiger partial charge on any atom is -0.326 e. The number of alkyl halides is 1. The number of aryl methyl sites for hydroxylation is 1. The fraction of sp³-hybridized carbons (Fsp3) is 0.533. The Kier molecular flexibility index (Phi) is 4.66. The van der Waals surface area contributed by atoms with Crippen LogP contribution < -0.4 is 0 Å². The van der Waals surface area contributed by atoms with E-state index in [1.54, 1.807) is 0 Å². The van der Waals surface area contributed by atoms with Gasteiger partial charge >= 0.3 is 0 Å².